The Morgan fingerprint density at radius 1 is 1.50 bits per heavy atom. The number of aromatic amines is 1. The summed E-state index contributed by atoms with van der Waals surface area (Å²) in [7, 11) is 0. The Hall–Kier alpha value is -2.91. The fourth-order valence-corrected chi connectivity index (χ4v) is 3.15. The Bertz CT molecular complexity index is 1010. The topological polar surface area (TPSA) is 175 Å². The highest BCUT2D eigenvalue weighted by atomic mass is 16.6. The van der Waals surface area contributed by atoms with Crippen molar-refractivity contribution in [2.75, 3.05) is 12.3 Å². The second-order valence-corrected chi connectivity index (χ2v) is 5.80. The summed E-state index contributed by atoms with van der Waals surface area (Å²) in [5.41, 5.74) is 5.60. The van der Waals surface area contributed by atoms with Gasteiger partial charge in [0, 0.05) is 12.6 Å². The van der Waals surface area contributed by atoms with Crippen LogP contribution in [0.2, 0.25) is 0 Å². The van der Waals surface area contributed by atoms with Crippen molar-refractivity contribution in [1.82, 2.24) is 14.1 Å². The molecule has 4 atom stereocenters. The van der Waals surface area contributed by atoms with E-state index in [-0.39, 0.29) is 29.0 Å². The molecule has 2 aromatic rings. The molecule has 3 heterocycles. The molecule has 0 aliphatic carbocycles. The number of pyridine rings is 1. The Morgan fingerprint density at radius 3 is 2.81 bits per heavy atom. The van der Waals surface area contributed by atoms with Gasteiger partial charge in [-0.3, -0.25) is 9.36 Å². The number of hydrogen-bond acceptors (Lipinski definition) is 8. The third-order valence-electron chi connectivity index (χ3n) is 4.23. The summed E-state index contributed by atoms with van der Waals surface area (Å²) in [5, 5.41) is 38.8. The van der Waals surface area contributed by atoms with E-state index in [1.165, 1.54) is 21.3 Å². The van der Waals surface area contributed by atoms with Gasteiger partial charge in [0.1, 0.15) is 29.6 Å². The molecular formula is C15H18N6O5. The van der Waals surface area contributed by atoms with Gasteiger partial charge in [-0.2, -0.15) is 5.26 Å². The lowest BCUT2D eigenvalue weighted by atomic mass is 10.1. The molecule has 0 saturated carbocycles. The van der Waals surface area contributed by atoms with Crippen LogP contribution in [0.15, 0.2) is 28.5 Å². The average molecular weight is 362 g/mol. The number of rotatable bonds is 4. The number of imidazole rings is 1. The van der Waals surface area contributed by atoms with E-state index in [4.69, 9.17) is 15.7 Å². The highest BCUT2D eigenvalue weighted by Gasteiger charge is 2.44. The lowest BCUT2D eigenvalue weighted by molar-refractivity contribution is -0.0528. The van der Waals surface area contributed by atoms with Crippen LogP contribution in [0.25, 0.3) is 11.0 Å². The number of aliphatic hydroxyl groups excluding tert-OH is 3. The van der Waals surface area contributed by atoms with Crippen LogP contribution < -0.4 is 16.9 Å². The van der Waals surface area contributed by atoms with Gasteiger partial charge in [0.25, 0.3) is 5.56 Å². The third kappa shape index (κ3) is 2.61. The van der Waals surface area contributed by atoms with E-state index >= 15 is 0 Å². The zero-order valence-electron chi connectivity index (χ0n) is 13.6. The maximum absolute atomic E-state index is 12.4. The monoisotopic (exact) mass is 362 g/mol. The van der Waals surface area contributed by atoms with E-state index in [2.05, 4.69) is 16.6 Å². The molecule has 6 N–H and O–H groups in total. The standard InChI is InChI=1S/C15H18N6O5/c1-2-3-20-10-7(4-9(17)19-13(10)25)21(15(20)18-6-16)14-12(24)11(23)8(5-22)26-14/h2,4,8,11-12,14,22-24H,1,3,5H2,(H3,17,19,25)/t8?,11-,12-,14+/m1/s1. The first kappa shape index (κ1) is 17.9. The molecule has 0 spiro atoms. The first-order valence-corrected chi connectivity index (χ1v) is 7.74. The number of ether oxygens (including phenoxy) is 1. The van der Waals surface area contributed by atoms with Crippen LogP contribution >= 0.6 is 0 Å². The molecule has 1 aliphatic rings. The van der Waals surface area contributed by atoms with Gasteiger partial charge in [0.2, 0.25) is 11.8 Å². The maximum Gasteiger partial charge on any atom is 0.275 e. The number of nitrogen functional groups attached to an aromatic ring is 1. The minimum Gasteiger partial charge on any atom is -0.394 e. The van der Waals surface area contributed by atoms with E-state index in [1.54, 1.807) is 6.19 Å². The predicted molar refractivity (Wildman–Crippen MR) is 89.3 cm³/mol. The van der Waals surface area contributed by atoms with Gasteiger partial charge in [0.15, 0.2) is 6.23 Å². The molecule has 138 valence electrons. The molecule has 1 aliphatic heterocycles. The maximum atomic E-state index is 12.4. The number of nitrogens with one attached hydrogen (secondary N) is 1. The zero-order chi connectivity index (χ0) is 19.0. The van der Waals surface area contributed by atoms with Crippen LogP contribution in [0.3, 0.4) is 0 Å². The Kier molecular flexibility index (Phi) is 4.66. The summed E-state index contributed by atoms with van der Waals surface area (Å²) in [6.45, 7) is 3.25. The van der Waals surface area contributed by atoms with Gasteiger partial charge < -0.3 is 35.3 Å². The van der Waals surface area contributed by atoms with E-state index in [1.807, 2.05) is 0 Å². The number of fused-ring (bicyclic) bond motifs is 1. The van der Waals surface area contributed by atoms with Crippen LogP contribution in [-0.4, -0.2) is 54.4 Å². The molecule has 1 unspecified atom stereocenters. The smallest absolute Gasteiger partial charge is 0.275 e. The summed E-state index contributed by atoms with van der Waals surface area (Å²) in [6.07, 6.45) is -1.85. The molecule has 1 fully saturated rings. The zero-order valence-corrected chi connectivity index (χ0v) is 13.6. The first-order chi connectivity index (χ1) is 12.4. The van der Waals surface area contributed by atoms with Gasteiger partial charge in [-0.15, -0.1) is 11.6 Å². The molecule has 0 amide bonds. The number of H-pyrrole nitrogens is 1. The Balaban J connectivity index is 2.40. The molecular weight excluding hydrogens is 344 g/mol. The van der Waals surface area contributed by atoms with Crippen LogP contribution in [0, 0.1) is 11.5 Å². The van der Waals surface area contributed by atoms with Gasteiger partial charge in [-0.25, -0.2) is 0 Å². The first-order valence-electron chi connectivity index (χ1n) is 7.74. The fourth-order valence-electron chi connectivity index (χ4n) is 3.15. The van der Waals surface area contributed by atoms with Crippen molar-refractivity contribution < 1.29 is 20.1 Å². The summed E-state index contributed by atoms with van der Waals surface area (Å²) in [5.74, 6) is 0.0576. The van der Waals surface area contributed by atoms with E-state index < -0.39 is 36.7 Å². The van der Waals surface area contributed by atoms with Gasteiger partial charge in [0.05, 0.1) is 12.1 Å². The van der Waals surface area contributed by atoms with E-state index in [0.717, 1.165) is 0 Å². The number of aliphatic hydroxyl groups is 3. The Labute approximate surface area is 146 Å². The summed E-state index contributed by atoms with van der Waals surface area (Å²) in [4.78, 5) is 18.6. The number of nitriles is 1. The SMILES string of the molecule is C=CCn1c(=NC#N)n([C@H]2OC(CO)[C@@H](O)[C@H]2O)c2cc(N)[nH]c(=O)c21. The average Bonchev–Trinajstić information content (AvgIpc) is 3.04. The minimum atomic E-state index is -1.42. The number of nitrogens with two attached hydrogens (primary N) is 1. The van der Waals surface area contributed by atoms with Gasteiger partial charge in [-0.05, 0) is 0 Å². The van der Waals surface area contributed by atoms with Crippen LogP contribution in [0.1, 0.15) is 6.23 Å². The molecule has 26 heavy (non-hydrogen) atoms. The number of allylic oxidation sites excluding steroid dienone is 1. The van der Waals surface area contributed by atoms with Gasteiger partial charge >= 0.3 is 0 Å². The van der Waals surface area contributed by atoms with Crippen molar-refractivity contribution in [3.63, 3.8) is 0 Å². The molecule has 0 aromatic carbocycles. The highest BCUT2D eigenvalue weighted by Crippen LogP contribution is 2.30. The van der Waals surface area contributed by atoms with Crippen LogP contribution in [0.4, 0.5) is 5.82 Å². The molecule has 0 radical (unpaired) electrons. The third-order valence-corrected chi connectivity index (χ3v) is 4.23. The van der Waals surface area contributed by atoms with Gasteiger partial charge in [-0.1, -0.05) is 6.08 Å². The fraction of sp³-hybridized carbons (Fsp3) is 0.400. The predicted octanol–water partition coefficient (Wildman–Crippen LogP) is -2.11. The molecule has 2 aromatic heterocycles. The second-order valence-electron chi connectivity index (χ2n) is 5.80. The summed E-state index contributed by atoms with van der Waals surface area (Å²) < 4.78 is 8.26. The number of aromatic nitrogens is 3. The lowest BCUT2D eigenvalue weighted by Gasteiger charge is -2.17. The number of anilines is 1. The second kappa shape index (κ2) is 6.77. The van der Waals surface area contributed by atoms with Crippen molar-refractivity contribution in [3.05, 3.63) is 34.7 Å². The normalized spacial score (nSPS) is 26.3. The van der Waals surface area contributed by atoms with Crippen molar-refractivity contribution in [1.29, 1.82) is 5.26 Å². The molecule has 11 heteroatoms. The summed E-state index contributed by atoms with van der Waals surface area (Å²) in [6, 6.07) is 1.43. The molecule has 3 rings (SSSR count). The van der Waals surface area contributed by atoms with Crippen molar-refractivity contribution in [2.24, 2.45) is 4.99 Å². The molecule has 0 bridgehead atoms. The van der Waals surface area contributed by atoms with E-state index in [0.29, 0.717) is 0 Å². The molecule has 1 saturated heterocycles. The van der Waals surface area contributed by atoms with E-state index in [9.17, 15) is 20.1 Å². The largest absolute Gasteiger partial charge is 0.394 e. The number of hydrogen-bond donors (Lipinski definition) is 5. The number of nitrogens with zero attached hydrogens (tertiary/aromatic N) is 4. The summed E-state index contributed by atoms with van der Waals surface area (Å²) >= 11 is 0. The molecule has 11 nitrogen and oxygen atoms in total. The Morgan fingerprint density at radius 2 is 2.23 bits per heavy atom. The van der Waals surface area contributed by atoms with Crippen molar-refractivity contribution in [2.45, 2.75) is 31.1 Å². The minimum absolute atomic E-state index is 0.00772. The quantitative estimate of drug-likeness (QED) is 0.305. The van der Waals surface area contributed by atoms with Crippen LogP contribution in [0.5, 0.6) is 0 Å². The van der Waals surface area contributed by atoms with Crippen molar-refractivity contribution >= 4 is 16.9 Å². The lowest BCUT2D eigenvalue weighted by Crippen LogP contribution is -2.36. The van der Waals surface area contributed by atoms with Crippen molar-refractivity contribution in [3.8, 4) is 6.19 Å². The highest BCUT2D eigenvalue weighted by molar-refractivity contribution is 5.77. The van der Waals surface area contributed by atoms with Crippen LogP contribution in [-0.2, 0) is 11.3 Å².